The van der Waals surface area contributed by atoms with Gasteiger partial charge in [0.25, 0.3) is 0 Å². The number of hydrogen-bond donors (Lipinski definition) is 0. The summed E-state index contributed by atoms with van der Waals surface area (Å²) in [6.07, 6.45) is 3.82. The summed E-state index contributed by atoms with van der Waals surface area (Å²) < 4.78 is 23.8. The van der Waals surface area contributed by atoms with E-state index in [4.69, 9.17) is 4.74 Å². The second kappa shape index (κ2) is 5.06. The highest BCUT2D eigenvalue weighted by atomic mass is 19.1. The Morgan fingerprint density at radius 3 is 2.44 bits per heavy atom. The number of carbonyl (C=O) groups is 1. The lowest BCUT2D eigenvalue weighted by Crippen LogP contribution is -2.25. The van der Waals surface area contributed by atoms with Gasteiger partial charge in [-0.2, -0.15) is 0 Å². The van der Waals surface area contributed by atoms with E-state index >= 15 is 0 Å². The van der Waals surface area contributed by atoms with E-state index in [2.05, 4.69) is 4.74 Å². The van der Waals surface area contributed by atoms with Gasteiger partial charge in [-0.05, 0) is 36.6 Å². The van der Waals surface area contributed by atoms with Gasteiger partial charge in [-0.1, -0.05) is 12.8 Å². The molecule has 18 heavy (non-hydrogen) atoms. The minimum Gasteiger partial charge on any atom is -0.465 e. The van der Waals surface area contributed by atoms with Gasteiger partial charge in [-0.15, -0.1) is 0 Å². The molecule has 0 atom stereocenters. The Kier molecular flexibility index (Phi) is 3.66. The maximum atomic E-state index is 13.6. The topological polar surface area (TPSA) is 35.5 Å². The highest BCUT2D eigenvalue weighted by molar-refractivity contribution is 5.89. The Morgan fingerprint density at radius 2 is 1.89 bits per heavy atom. The second-order valence-electron chi connectivity index (χ2n) is 4.63. The van der Waals surface area contributed by atoms with Gasteiger partial charge in [0.05, 0.1) is 18.3 Å². The van der Waals surface area contributed by atoms with Crippen LogP contribution in [0.5, 0.6) is 0 Å². The van der Waals surface area contributed by atoms with E-state index in [1.54, 1.807) is 13.2 Å². The van der Waals surface area contributed by atoms with Gasteiger partial charge in [0.15, 0.2) is 0 Å². The van der Waals surface area contributed by atoms with E-state index in [0.717, 1.165) is 31.2 Å². The van der Waals surface area contributed by atoms with Crippen molar-refractivity contribution in [2.24, 2.45) is 0 Å². The van der Waals surface area contributed by atoms with Crippen molar-refractivity contribution in [1.82, 2.24) is 0 Å². The van der Waals surface area contributed by atoms with E-state index in [1.807, 2.05) is 0 Å². The Labute approximate surface area is 106 Å². The van der Waals surface area contributed by atoms with Crippen molar-refractivity contribution in [2.75, 3.05) is 14.2 Å². The number of halogens is 1. The summed E-state index contributed by atoms with van der Waals surface area (Å²) >= 11 is 0. The number of ether oxygens (including phenoxy) is 2. The quantitative estimate of drug-likeness (QED) is 0.776. The van der Waals surface area contributed by atoms with Crippen LogP contribution in [0, 0.1) is 5.82 Å². The number of methoxy groups -OCH3 is 2. The summed E-state index contributed by atoms with van der Waals surface area (Å²) in [5, 5.41) is 0. The average molecular weight is 252 g/mol. The molecule has 98 valence electrons. The van der Waals surface area contributed by atoms with Crippen LogP contribution in [0.2, 0.25) is 0 Å². The van der Waals surface area contributed by atoms with Crippen LogP contribution in [0.15, 0.2) is 18.2 Å². The molecule has 2 rings (SSSR count). The third-order valence-corrected chi connectivity index (χ3v) is 3.65. The van der Waals surface area contributed by atoms with E-state index in [1.165, 1.54) is 19.2 Å². The van der Waals surface area contributed by atoms with Gasteiger partial charge < -0.3 is 9.47 Å². The fourth-order valence-corrected chi connectivity index (χ4v) is 2.65. The minimum atomic E-state index is -0.528. The molecule has 0 aromatic heterocycles. The molecule has 4 heteroatoms. The van der Waals surface area contributed by atoms with E-state index in [-0.39, 0.29) is 5.56 Å². The largest absolute Gasteiger partial charge is 0.465 e. The fraction of sp³-hybridized carbons (Fsp3) is 0.500. The molecular weight excluding hydrogens is 235 g/mol. The van der Waals surface area contributed by atoms with Crippen molar-refractivity contribution >= 4 is 5.97 Å². The monoisotopic (exact) mass is 252 g/mol. The van der Waals surface area contributed by atoms with Crippen molar-refractivity contribution in [3.05, 3.63) is 35.1 Å². The van der Waals surface area contributed by atoms with Crippen molar-refractivity contribution < 1.29 is 18.7 Å². The third kappa shape index (κ3) is 2.25. The van der Waals surface area contributed by atoms with Crippen LogP contribution in [0.3, 0.4) is 0 Å². The maximum absolute atomic E-state index is 13.6. The lowest BCUT2D eigenvalue weighted by Gasteiger charge is -2.28. The molecule has 0 unspecified atom stereocenters. The molecule has 1 aromatic rings. The third-order valence-electron chi connectivity index (χ3n) is 3.65. The van der Waals surface area contributed by atoms with Gasteiger partial charge in [0, 0.05) is 7.11 Å². The van der Waals surface area contributed by atoms with Crippen molar-refractivity contribution in [3.63, 3.8) is 0 Å². The van der Waals surface area contributed by atoms with Crippen LogP contribution >= 0.6 is 0 Å². The van der Waals surface area contributed by atoms with Gasteiger partial charge in [0.1, 0.15) is 5.82 Å². The predicted octanol–water partition coefficient (Wildman–Crippen LogP) is 3.03. The zero-order chi connectivity index (χ0) is 13.2. The van der Waals surface area contributed by atoms with Crippen LogP contribution in [0.1, 0.15) is 41.6 Å². The molecule has 1 fully saturated rings. The Bertz CT molecular complexity index is 450. The first-order valence-corrected chi connectivity index (χ1v) is 6.06. The summed E-state index contributed by atoms with van der Waals surface area (Å²) in [6, 6.07) is 4.30. The molecule has 0 radical (unpaired) electrons. The molecule has 3 nitrogen and oxygen atoms in total. The van der Waals surface area contributed by atoms with Crippen LogP contribution in [-0.4, -0.2) is 20.2 Å². The summed E-state index contributed by atoms with van der Waals surface area (Å²) in [7, 11) is 2.92. The first-order chi connectivity index (χ1) is 8.61. The molecule has 0 heterocycles. The zero-order valence-corrected chi connectivity index (χ0v) is 10.7. The number of hydrogen-bond acceptors (Lipinski definition) is 3. The molecule has 1 aromatic carbocycles. The molecule has 0 saturated heterocycles. The van der Waals surface area contributed by atoms with Crippen LogP contribution in [0.25, 0.3) is 0 Å². The first-order valence-electron chi connectivity index (χ1n) is 6.06. The normalized spacial score (nSPS) is 17.7. The van der Waals surface area contributed by atoms with Crippen molar-refractivity contribution in [2.45, 2.75) is 31.3 Å². The lowest BCUT2D eigenvalue weighted by molar-refractivity contribution is -0.00900. The number of benzene rings is 1. The van der Waals surface area contributed by atoms with E-state index in [0.29, 0.717) is 0 Å². The molecule has 0 bridgehead atoms. The van der Waals surface area contributed by atoms with Crippen LogP contribution in [0.4, 0.5) is 4.39 Å². The van der Waals surface area contributed by atoms with Crippen molar-refractivity contribution in [3.8, 4) is 0 Å². The predicted molar refractivity (Wildman–Crippen MR) is 64.9 cm³/mol. The zero-order valence-electron chi connectivity index (χ0n) is 10.7. The molecule has 1 aliphatic rings. The molecule has 1 saturated carbocycles. The Morgan fingerprint density at radius 1 is 1.22 bits per heavy atom. The molecule has 0 spiro atoms. The van der Waals surface area contributed by atoms with Gasteiger partial charge in [-0.25, -0.2) is 9.18 Å². The lowest BCUT2D eigenvalue weighted by atomic mass is 9.90. The Hall–Kier alpha value is -1.42. The molecule has 1 aliphatic carbocycles. The van der Waals surface area contributed by atoms with Gasteiger partial charge in [0.2, 0.25) is 0 Å². The molecule has 0 aliphatic heterocycles. The Balaban J connectivity index is 2.44. The number of carbonyl (C=O) groups excluding carboxylic acids is 1. The molecular formula is C14H17FO3. The summed E-state index contributed by atoms with van der Waals surface area (Å²) in [5.74, 6) is -0.962. The summed E-state index contributed by atoms with van der Waals surface area (Å²) in [4.78, 5) is 11.5. The van der Waals surface area contributed by atoms with Crippen LogP contribution < -0.4 is 0 Å². The van der Waals surface area contributed by atoms with E-state index < -0.39 is 17.4 Å². The SMILES string of the molecule is COC(=O)c1cc(F)cc(C2(OC)CCCC2)c1. The minimum absolute atomic E-state index is 0.232. The molecule has 0 amide bonds. The van der Waals surface area contributed by atoms with Gasteiger partial charge in [-0.3, -0.25) is 0 Å². The number of esters is 1. The maximum Gasteiger partial charge on any atom is 0.337 e. The fourth-order valence-electron chi connectivity index (χ4n) is 2.65. The van der Waals surface area contributed by atoms with E-state index in [9.17, 15) is 9.18 Å². The standard InChI is InChI=1S/C14H17FO3/c1-17-13(16)10-7-11(9-12(15)8-10)14(18-2)5-3-4-6-14/h7-9H,3-6H2,1-2H3. The highest BCUT2D eigenvalue weighted by Gasteiger charge is 2.36. The van der Waals surface area contributed by atoms with Crippen LogP contribution in [-0.2, 0) is 15.1 Å². The first kappa shape index (κ1) is 13.0. The number of rotatable bonds is 3. The summed E-state index contributed by atoms with van der Waals surface area (Å²) in [5.41, 5.74) is 0.504. The summed E-state index contributed by atoms with van der Waals surface area (Å²) in [6.45, 7) is 0. The molecule has 0 N–H and O–H groups in total. The second-order valence-corrected chi connectivity index (χ2v) is 4.63. The smallest absolute Gasteiger partial charge is 0.337 e. The highest BCUT2D eigenvalue weighted by Crippen LogP contribution is 2.42. The van der Waals surface area contributed by atoms with Crippen molar-refractivity contribution in [1.29, 1.82) is 0 Å². The average Bonchev–Trinajstić information content (AvgIpc) is 2.87. The van der Waals surface area contributed by atoms with Gasteiger partial charge >= 0.3 is 5.97 Å².